The van der Waals surface area contributed by atoms with Crippen LogP contribution in [0.15, 0.2) is 12.3 Å². The first-order valence-electron chi connectivity index (χ1n) is 7.34. The molecule has 5 unspecified atom stereocenters. The molecule has 0 spiro atoms. The lowest BCUT2D eigenvalue weighted by atomic mass is 9.81. The van der Waals surface area contributed by atoms with Gasteiger partial charge in [-0.3, -0.25) is 4.68 Å². The van der Waals surface area contributed by atoms with E-state index in [2.05, 4.69) is 44.3 Å². The molecule has 1 aromatic heterocycles. The maximum atomic E-state index is 5.97. The molecule has 1 aliphatic rings. The van der Waals surface area contributed by atoms with E-state index in [9.17, 15) is 0 Å². The number of hydrogen-bond acceptors (Lipinski definition) is 3. The summed E-state index contributed by atoms with van der Waals surface area (Å²) in [5.41, 5.74) is 1.30. The quantitative estimate of drug-likeness (QED) is 0.885. The predicted octanol–water partition coefficient (Wildman–Crippen LogP) is 2.00. The van der Waals surface area contributed by atoms with Crippen molar-refractivity contribution in [2.24, 2.45) is 18.9 Å². The molecule has 5 atom stereocenters. The van der Waals surface area contributed by atoms with Gasteiger partial charge in [0.2, 0.25) is 0 Å². The second-order valence-electron chi connectivity index (χ2n) is 5.86. The summed E-state index contributed by atoms with van der Waals surface area (Å²) in [5, 5.41) is 7.73. The third-order valence-corrected chi connectivity index (χ3v) is 4.79. The zero-order valence-electron chi connectivity index (χ0n) is 12.8. The summed E-state index contributed by atoms with van der Waals surface area (Å²) in [6.45, 7) is 6.71. The normalized spacial score (nSPS) is 32.7. The van der Waals surface area contributed by atoms with Crippen LogP contribution in [0.25, 0.3) is 0 Å². The van der Waals surface area contributed by atoms with E-state index in [1.165, 1.54) is 5.69 Å². The highest BCUT2D eigenvalue weighted by Crippen LogP contribution is 2.35. The summed E-state index contributed by atoms with van der Waals surface area (Å²) < 4.78 is 7.94. The van der Waals surface area contributed by atoms with Crippen molar-refractivity contribution in [2.75, 3.05) is 7.05 Å². The van der Waals surface area contributed by atoms with Gasteiger partial charge in [0.1, 0.15) is 0 Å². The molecule has 0 saturated carbocycles. The average Bonchev–Trinajstić information content (AvgIpc) is 2.88. The Bertz CT molecular complexity index is 404. The van der Waals surface area contributed by atoms with Gasteiger partial charge in [0, 0.05) is 30.9 Å². The average molecular weight is 265 g/mol. The van der Waals surface area contributed by atoms with Gasteiger partial charge in [0.25, 0.3) is 0 Å². The minimum Gasteiger partial charge on any atom is -0.375 e. The molecule has 4 heteroatoms. The third kappa shape index (κ3) is 3.00. The molecule has 1 aliphatic heterocycles. The third-order valence-electron chi connectivity index (χ3n) is 4.79. The molecule has 19 heavy (non-hydrogen) atoms. The molecule has 108 valence electrons. The van der Waals surface area contributed by atoms with Crippen molar-refractivity contribution >= 4 is 0 Å². The molecule has 2 rings (SSSR count). The number of aromatic nitrogens is 2. The summed E-state index contributed by atoms with van der Waals surface area (Å²) in [4.78, 5) is 0. The first-order valence-corrected chi connectivity index (χ1v) is 7.34. The smallest absolute Gasteiger partial charge is 0.0597 e. The van der Waals surface area contributed by atoms with Gasteiger partial charge in [0.05, 0.1) is 12.2 Å². The zero-order chi connectivity index (χ0) is 14.0. The Labute approximate surface area is 116 Å². The Morgan fingerprint density at radius 1 is 1.37 bits per heavy atom. The van der Waals surface area contributed by atoms with Crippen LogP contribution < -0.4 is 5.32 Å². The van der Waals surface area contributed by atoms with Crippen LogP contribution in [0, 0.1) is 11.8 Å². The van der Waals surface area contributed by atoms with Gasteiger partial charge in [-0.2, -0.15) is 5.10 Å². The Morgan fingerprint density at radius 3 is 2.58 bits per heavy atom. The molecule has 1 N–H and O–H groups in total. The summed E-state index contributed by atoms with van der Waals surface area (Å²) in [5.74, 6) is 1.20. The molecule has 4 nitrogen and oxygen atoms in total. The Kier molecular flexibility index (Phi) is 4.63. The highest BCUT2D eigenvalue weighted by molar-refractivity contribution is 5.01. The van der Waals surface area contributed by atoms with Gasteiger partial charge in [0.15, 0.2) is 0 Å². The van der Waals surface area contributed by atoms with E-state index < -0.39 is 0 Å². The fourth-order valence-electron chi connectivity index (χ4n) is 3.47. The predicted molar refractivity (Wildman–Crippen MR) is 77.0 cm³/mol. The lowest BCUT2D eigenvalue weighted by molar-refractivity contribution is 0.0475. The van der Waals surface area contributed by atoms with E-state index in [-0.39, 0.29) is 0 Å². The van der Waals surface area contributed by atoms with Crippen molar-refractivity contribution in [1.29, 1.82) is 0 Å². The standard InChI is InChI=1S/C15H27N3O/c1-10-11(2)19-12(3)15(10)14(16-4)7-6-13-8-9-17-18(13)5/h8-12,14-16H,6-7H2,1-5H3. The Morgan fingerprint density at radius 2 is 2.11 bits per heavy atom. The second kappa shape index (κ2) is 6.06. The fraction of sp³-hybridized carbons (Fsp3) is 0.800. The molecule has 0 radical (unpaired) electrons. The van der Waals surface area contributed by atoms with Crippen molar-refractivity contribution in [3.05, 3.63) is 18.0 Å². The molecule has 1 fully saturated rings. The summed E-state index contributed by atoms with van der Waals surface area (Å²) in [7, 11) is 4.08. The van der Waals surface area contributed by atoms with Crippen molar-refractivity contribution in [3.63, 3.8) is 0 Å². The number of rotatable bonds is 5. The molecule has 1 aromatic rings. The molecule has 0 bridgehead atoms. The summed E-state index contributed by atoms with van der Waals surface area (Å²) in [6, 6.07) is 2.61. The van der Waals surface area contributed by atoms with Crippen LogP contribution >= 0.6 is 0 Å². The Hall–Kier alpha value is -0.870. The van der Waals surface area contributed by atoms with Gasteiger partial charge in [-0.05, 0) is 45.7 Å². The number of hydrogen-bond donors (Lipinski definition) is 1. The van der Waals surface area contributed by atoms with Gasteiger partial charge < -0.3 is 10.1 Å². The van der Waals surface area contributed by atoms with E-state index in [0.717, 1.165) is 12.8 Å². The molecular formula is C15H27N3O. The number of ether oxygens (including phenoxy) is 1. The first kappa shape index (κ1) is 14.5. The van der Waals surface area contributed by atoms with Crippen molar-refractivity contribution in [1.82, 2.24) is 15.1 Å². The van der Waals surface area contributed by atoms with Crippen LogP contribution in [0.3, 0.4) is 0 Å². The summed E-state index contributed by atoms with van der Waals surface area (Å²) >= 11 is 0. The van der Waals surface area contributed by atoms with Crippen molar-refractivity contribution < 1.29 is 4.74 Å². The van der Waals surface area contributed by atoms with E-state index >= 15 is 0 Å². The van der Waals surface area contributed by atoms with Crippen molar-refractivity contribution in [3.8, 4) is 0 Å². The van der Waals surface area contributed by atoms with Crippen molar-refractivity contribution in [2.45, 2.75) is 51.9 Å². The molecule has 1 saturated heterocycles. The Balaban J connectivity index is 1.98. The number of nitrogens with one attached hydrogen (secondary N) is 1. The molecule has 0 aromatic carbocycles. The van der Waals surface area contributed by atoms with Crippen LogP contribution in [0.1, 0.15) is 32.9 Å². The number of nitrogens with zero attached hydrogens (tertiary/aromatic N) is 2. The van der Waals surface area contributed by atoms with E-state index in [1.807, 2.05) is 17.9 Å². The van der Waals surface area contributed by atoms with E-state index in [0.29, 0.717) is 30.1 Å². The second-order valence-corrected chi connectivity index (χ2v) is 5.86. The zero-order valence-corrected chi connectivity index (χ0v) is 12.8. The van der Waals surface area contributed by atoms with E-state index in [1.54, 1.807) is 0 Å². The van der Waals surface area contributed by atoms with E-state index in [4.69, 9.17) is 4.74 Å². The van der Waals surface area contributed by atoms with Crippen LogP contribution in [-0.2, 0) is 18.2 Å². The molecule has 0 amide bonds. The van der Waals surface area contributed by atoms with Crippen LogP contribution in [0.4, 0.5) is 0 Å². The minimum absolute atomic E-state index is 0.342. The van der Waals surface area contributed by atoms with Crippen LogP contribution in [0.5, 0.6) is 0 Å². The van der Waals surface area contributed by atoms with Gasteiger partial charge in [-0.1, -0.05) is 6.92 Å². The fourth-order valence-corrected chi connectivity index (χ4v) is 3.47. The van der Waals surface area contributed by atoms with Gasteiger partial charge in [-0.25, -0.2) is 0 Å². The highest BCUT2D eigenvalue weighted by atomic mass is 16.5. The largest absolute Gasteiger partial charge is 0.375 e. The maximum Gasteiger partial charge on any atom is 0.0597 e. The minimum atomic E-state index is 0.342. The van der Waals surface area contributed by atoms with Gasteiger partial charge in [-0.15, -0.1) is 0 Å². The summed E-state index contributed by atoms with van der Waals surface area (Å²) in [6.07, 6.45) is 4.77. The highest BCUT2D eigenvalue weighted by Gasteiger charge is 2.40. The lowest BCUT2D eigenvalue weighted by Crippen LogP contribution is -2.40. The molecular weight excluding hydrogens is 238 g/mol. The lowest BCUT2D eigenvalue weighted by Gasteiger charge is -2.28. The van der Waals surface area contributed by atoms with Crippen LogP contribution in [0.2, 0.25) is 0 Å². The first-order chi connectivity index (χ1) is 9.04. The monoisotopic (exact) mass is 265 g/mol. The molecule has 0 aliphatic carbocycles. The number of aryl methyl sites for hydroxylation is 2. The molecule has 2 heterocycles. The van der Waals surface area contributed by atoms with Crippen LogP contribution in [-0.4, -0.2) is 35.1 Å². The maximum absolute atomic E-state index is 5.97. The topological polar surface area (TPSA) is 39.1 Å². The SMILES string of the molecule is CNC(CCc1ccnn1C)C1C(C)OC(C)C1C. The van der Waals surface area contributed by atoms with Gasteiger partial charge >= 0.3 is 0 Å².